The van der Waals surface area contributed by atoms with Gasteiger partial charge in [0, 0.05) is 81.7 Å². The highest BCUT2D eigenvalue weighted by atomic mass is 32.2. The summed E-state index contributed by atoms with van der Waals surface area (Å²) in [4.78, 5) is 49.7. The van der Waals surface area contributed by atoms with Gasteiger partial charge < -0.3 is 23.9 Å². The standard InChI is InChI=1S/C38H48N6O7S/c1-23-15-32(41-14-13-40(3)28(20-41)22-50-4)24(2)35-34(23)29-9-12-42(21-31(29)38(47)51-35)37(46)25-7-8-30(33(17-25)43-18-26-16-27(26)19-43)36(45)39-52(48,49)44-10-5-6-11-44/h7-8,15,17,26-28H,5-6,9-14,16,18-22H2,1-4H3,(H,39,45)/t26?,27?,28-/m1/s1. The molecule has 4 aliphatic heterocycles. The van der Waals surface area contributed by atoms with Crippen molar-refractivity contribution in [2.24, 2.45) is 11.8 Å². The predicted octanol–water partition coefficient (Wildman–Crippen LogP) is 2.90. The van der Waals surface area contributed by atoms with Crippen molar-refractivity contribution >= 4 is 44.4 Å². The molecule has 278 valence electrons. The van der Waals surface area contributed by atoms with Crippen LogP contribution < -0.4 is 20.1 Å². The largest absolute Gasteiger partial charge is 0.422 e. The number of aryl methyl sites for hydroxylation is 2. The molecule has 3 saturated heterocycles. The van der Waals surface area contributed by atoms with Crippen LogP contribution in [0.3, 0.4) is 0 Å². The molecule has 4 fully saturated rings. The molecule has 52 heavy (non-hydrogen) atoms. The molecule has 1 aliphatic carbocycles. The maximum Gasteiger partial charge on any atom is 0.341 e. The van der Waals surface area contributed by atoms with Crippen molar-refractivity contribution in [2.45, 2.75) is 52.1 Å². The molecule has 0 bridgehead atoms. The molecule has 2 unspecified atom stereocenters. The number of nitrogens with one attached hydrogen (secondary N) is 1. The minimum absolute atomic E-state index is 0.114. The summed E-state index contributed by atoms with van der Waals surface area (Å²) in [5.74, 6) is 0.146. The Morgan fingerprint density at radius 3 is 2.42 bits per heavy atom. The van der Waals surface area contributed by atoms with Crippen LogP contribution in [0.5, 0.6) is 0 Å². The van der Waals surface area contributed by atoms with Gasteiger partial charge in [-0.3, -0.25) is 14.5 Å². The molecule has 1 saturated carbocycles. The van der Waals surface area contributed by atoms with Gasteiger partial charge in [-0.2, -0.15) is 12.7 Å². The van der Waals surface area contributed by atoms with Crippen LogP contribution in [0.1, 0.15) is 62.2 Å². The van der Waals surface area contributed by atoms with E-state index in [-0.39, 0.29) is 24.1 Å². The van der Waals surface area contributed by atoms with Crippen molar-refractivity contribution in [3.05, 3.63) is 68.1 Å². The molecule has 14 heteroatoms. The molecule has 5 aliphatic rings. The second-order valence-electron chi connectivity index (χ2n) is 15.3. The molecule has 2 amide bonds. The van der Waals surface area contributed by atoms with Crippen LogP contribution in [0.2, 0.25) is 0 Å². The van der Waals surface area contributed by atoms with Gasteiger partial charge in [0.25, 0.3) is 11.8 Å². The van der Waals surface area contributed by atoms with Gasteiger partial charge in [0.1, 0.15) is 5.58 Å². The normalized spacial score (nSPS) is 23.6. The van der Waals surface area contributed by atoms with E-state index in [9.17, 15) is 22.8 Å². The zero-order valence-corrected chi connectivity index (χ0v) is 31.3. The zero-order valence-electron chi connectivity index (χ0n) is 30.4. The molecule has 1 N–H and O–H groups in total. The average Bonchev–Trinajstić information content (AvgIpc) is 3.45. The van der Waals surface area contributed by atoms with Crippen LogP contribution in [0.25, 0.3) is 11.0 Å². The first-order valence-corrected chi connectivity index (χ1v) is 19.9. The van der Waals surface area contributed by atoms with Gasteiger partial charge in [-0.25, -0.2) is 9.52 Å². The molecule has 13 nitrogen and oxygen atoms in total. The van der Waals surface area contributed by atoms with Crippen LogP contribution in [0.4, 0.5) is 11.4 Å². The minimum Gasteiger partial charge on any atom is -0.422 e. The topological polar surface area (TPSA) is 136 Å². The van der Waals surface area contributed by atoms with Crippen molar-refractivity contribution < 1.29 is 27.2 Å². The summed E-state index contributed by atoms with van der Waals surface area (Å²) >= 11 is 0. The number of amides is 2. The summed E-state index contributed by atoms with van der Waals surface area (Å²) in [5, 5.41) is 0.944. The van der Waals surface area contributed by atoms with E-state index in [2.05, 4.69) is 39.5 Å². The Hall–Kier alpha value is -3.98. The summed E-state index contributed by atoms with van der Waals surface area (Å²) < 4.78 is 41.0. The molecule has 5 heterocycles. The first-order valence-electron chi connectivity index (χ1n) is 18.5. The number of nitrogens with zero attached hydrogens (tertiary/aromatic N) is 5. The van der Waals surface area contributed by atoms with Crippen molar-refractivity contribution in [1.29, 1.82) is 0 Å². The lowest BCUT2D eigenvalue weighted by Gasteiger charge is -2.41. The molecule has 8 rings (SSSR count). The molecular weight excluding hydrogens is 685 g/mol. The molecular formula is C38H48N6O7S. The third kappa shape index (κ3) is 6.26. The van der Waals surface area contributed by atoms with Crippen LogP contribution >= 0.6 is 0 Å². The van der Waals surface area contributed by atoms with Crippen LogP contribution in [0, 0.1) is 25.7 Å². The van der Waals surface area contributed by atoms with Gasteiger partial charge in [0.2, 0.25) is 0 Å². The monoisotopic (exact) mass is 732 g/mol. The number of methoxy groups -OCH3 is 1. The second-order valence-corrected chi connectivity index (χ2v) is 17.0. The van der Waals surface area contributed by atoms with Gasteiger partial charge in [-0.15, -0.1) is 0 Å². The summed E-state index contributed by atoms with van der Waals surface area (Å²) in [7, 11) is -0.127. The van der Waals surface area contributed by atoms with E-state index >= 15 is 0 Å². The second kappa shape index (κ2) is 13.5. The van der Waals surface area contributed by atoms with Crippen molar-refractivity contribution in [1.82, 2.24) is 18.8 Å². The number of likely N-dealkylation sites (N-methyl/N-ethyl adjacent to an activating group) is 1. The molecule has 3 aromatic rings. The number of carbonyl (C=O) groups is 2. The van der Waals surface area contributed by atoms with E-state index in [1.165, 1.54) is 4.31 Å². The zero-order chi connectivity index (χ0) is 36.5. The number of ether oxygens (including phenoxy) is 1. The number of piperazine rings is 1. The van der Waals surface area contributed by atoms with Gasteiger partial charge in [-0.1, -0.05) is 0 Å². The molecule has 0 spiro atoms. The van der Waals surface area contributed by atoms with E-state index in [0.29, 0.717) is 66.9 Å². The van der Waals surface area contributed by atoms with Crippen molar-refractivity contribution in [3.63, 3.8) is 0 Å². The lowest BCUT2D eigenvalue weighted by molar-refractivity contribution is 0.0732. The molecule has 2 aromatic carbocycles. The van der Waals surface area contributed by atoms with Gasteiger partial charge in [-0.05, 0) is 93.8 Å². The quantitative estimate of drug-likeness (QED) is 0.345. The Kier molecular flexibility index (Phi) is 9.08. The Bertz CT molecular complexity index is 2100. The summed E-state index contributed by atoms with van der Waals surface area (Å²) in [6.07, 6.45) is 3.18. The van der Waals surface area contributed by atoms with E-state index in [1.807, 2.05) is 6.92 Å². The average molecular weight is 733 g/mol. The fourth-order valence-electron chi connectivity index (χ4n) is 8.85. The van der Waals surface area contributed by atoms with Crippen molar-refractivity contribution in [3.8, 4) is 0 Å². The van der Waals surface area contributed by atoms with E-state index in [1.54, 1.807) is 30.2 Å². The lowest BCUT2D eigenvalue weighted by Crippen LogP contribution is -2.53. The molecule has 1 aromatic heterocycles. The van der Waals surface area contributed by atoms with Gasteiger partial charge in [0.05, 0.1) is 36.0 Å². The van der Waals surface area contributed by atoms with Gasteiger partial charge in [0.15, 0.2) is 0 Å². The number of anilines is 2. The number of benzene rings is 2. The fraction of sp³-hybridized carbons (Fsp3) is 0.553. The summed E-state index contributed by atoms with van der Waals surface area (Å²) in [6.45, 7) is 10.1. The predicted molar refractivity (Wildman–Crippen MR) is 198 cm³/mol. The number of fused-ring (bicyclic) bond motifs is 4. The number of piperidine rings is 1. The van der Waals surface area contributed by atoms with Crippen molar-refractivity contribution in [2.75, 3.05) is 82.9 Å². The number of hydrogen-bond donors (Lipinski definition) is 1. The van der Waals surface area contributed by atoms with Crippen LogP contribution in [0.15, 0.2) is 33.5 Å². The maximum atomic E-state index is 14.1. The van der Waals surface area contributed by atoms with Crippen LogP contribution in [-0.4, -0.2) is 114 Å². The fourth-order valence-corrected chi connectivity index (χ4v) is 10.1. The maximum absolute atomic E-state index is 14.1. The Labute approximate surface area is 304 Å². The molecule has 0 radical (unpaired) electrons. The third-order valence-corrected chi connectivity index (χ3v) is 13.5. The Balaban J connectivity index is 1.06. The van der Waals surface area contributed by atoms with E-state index in [4.69, 9.17) is 9.15 Å². The Morgan fingerprint density at radius 2 is 1.69 bits per heavy atom. The first kappa shape index (κ1) is 35.1. The highest BCUT2D eigenvalue weighted by Gasteiger charge is 2.46. The van der Waals surface area contributed by atoms with Crippen LogP contribution in [-0.2, 0) is 27.9 Å². The number of carbonyl (C=O) groups excluding carboxylic acids is 2. The SMILES string of the molecule is COC[C@H]1CN(c2cc(C)c3c4c(c(=O)oc3c2C)CN(C(=O)c2ccc(C(=O)NS(=O)(=O)N3CCCC3)c(N3CC5CC5C3)c2)CC4)CCN1C. The van der Waals surface area contributed by atoms with E-state index < -0.39 is 21.7 Å². The smallest absolute Gasteiger partial charge is 0.341 e. The van der Waals surface area contributed by atoms with Gasteiger partial charge >= 0.3 is 15.8 Å². The third-order valence-electron chi connectivity index (χ3n) is 12.0. The van der Waals surface area contributed by atoms with E-state index in [0.717, 1.165) is 79.8 Å². The lowest BCUT2D eigenvalue weighted by atomic mass is 9.92. The Morgan fingerprint density at radius 1 is 0.942 bits per heavy atom. The highest BCUT2D eigenvalue weighted by Crippen LogP contribution is 2.47. The molecule has 3 atom stereocenters. The first-order chi connectivity index (χ1) is 24.9. The summed E-state index contributed by atoms with van der Waals surface area (Å²) in [6, 6.07) is 7.32. The number of rotatable bonds is 8. The highest BCUT2D eigenvalue weighted by molar-refractivity contribution is 7.87. The minimum atomic E-state index is -3.97. The summed E-state index contributed by atoms with van der Waals surface area (Å²) in [5.41, 5.74) is 5.80. The number of hydrogen-bond acceptors (Lipinski definition) is 10.